The zero-order valence-corrected chi connectivity index (χ0v) is 21.2. The van der Waals surface area contributed by atoms with Crippen LogP contribution in [0.15, 0.2) is 53.8 Å². The molecule has 1 saturated heterocycles. The summed E-state index contributed by atoms with van der Waals surface area (Å²) < 4.78 is 0. The summed E-state index contributed by atoms with van der Waals surface area (Å²) in [6.45, 7) is 7.27. The zero-order chi connectivity index (χ0) is 24.7. The van der Waals surface area contributed by atoms with Crippen molar-refractivity contribution in [3.05, 3.63) is 70.5 Å². The number of likely N-dealkylation sites (N-methyl/N-ethyl adjacent to an activating group) is 1. The van der Waals surface area contributed by atoms with Gasteiger partial charge in [0.25, 0.3) is 0 Å². The molecular formula is C29H37N3O3. The number of piperidine rings is 1. The van der Waals surface area contributed by atoms with Gasteiger partial charge in [-0.2, -0.15) is 0 Å². The van der Waals surface area contributed by atoms with Gasteiger partial charge in [-0.1, -0.05) is 35.9 Å². The van der Waals surface area contributed by atoms with Crippen LogP contribution in [0.5, 0.6) is 0 Å². The first-order valence-electron chi connectivity index (χ1n) is 12.9. The van der Waals surface area contributed by atoms with E-state index in [2.05, 4.69) is 56.1 Å². The third-order valence-electron chi connectivity index (χ3n) is 8.60. The second kappa shape index (κ2) is 9.30. The highest BCUT2D eigenvalue weighted by Gasteiger charge is 2.46. The third-order valence-corrected chi connectivity index (χ3v) is 8.60. The molecule has 1 aromatic rings. The van der Waals surface area contributed by atoms with Crippen LogP contribution in [0, 0.1) is 12.8 Å². The molecule has 3 aliphatic heterocycles. The van der Waals surface area contributed by atoms with Gasteiger partial charge < -0.3 is 19.8 Å². The Balaban J connectivity index is 1.35. The van der Waals surface area contributed by atoms with Gasteiger partial charge in [-0.05, 0) is 68.2 Å². The van der Waals surface area contributed by atoms with Crippen molar-refractivity contribution in [3.8, 4) is 0 Å². The number of rotatable bonds is 4. The van der Waals surface area contributed by atoms with Crippen molar-refractivity contribution in [1.82, 2.24) is 14.7 Å². The maximum absolute atomic E-state index is 13.0. The van der Waals surface area contributed by atoms with Crippen LogP contribution in [-0.2, 0) is 21.4 Å². The van der Waals surface area contributed by atoms with Crippen LogP contribution < -0.4 is 0 Å². The number of carbonyl (C=O) groups is 2. The Morgan fingerprint density at radius 1 is 1.17 bits per heavy atom. The van der Waals surface area contributed by atoms with Gasteiger partial charge in [0.1, 0.15) is 6.23 Å². The van der Waals surface area contributed by atoms with Crippen LogP contribution in [0.1, 0.15) is 49.3 Å². The molecule has 1 aromatic carbocycles. The topological polar surface area (TPSA) is 64.1 Å². The number of benzene rings is 1. The molecule has 2 atom stereocenters. The number of aliphatic hydroxyl groups excluding tert-OH is 1. The molecule has 0 radical (unpaired) electrons. The molecule has 6 heteroatoms. The summed E-state index contributed by atoms with van der Waals surface area (Å²) in [6, 6.07) is 6.98. The smallest absolute Gasteiger partial charge is 0.248 e. The number of aryl methyl sites for hydroxylation is 2. The Morgan fingerprint density at radius 2 is 1.94 bits per heavy atom. The van der Waals surface area contributed by atoms with Gasteiger partial charge in [-0.25, -0.2) is 0 Å². The predicted molar refractivity (Wildman–Crippen MR) is 136 cm³/mol. The van der Waals surface area contributed by atoms with E-state index in [0.29, 0.717) is 5.92 Å². The molecule has 35 heavy (non-hydrogen) atoms. The lowest BCUT2D eigenvalue weighted by Crippen LogP contribution is -2.48. The van der Waals surface area contributed by atoms with Gasteiger partial charge >= 0.3 is 0 Å². The van der Waals surface area contributed by atoms with Crippen molar-refractivity contribution in [2.24, 2.45) is 5.92 Å². The van der Waals surface area contributed by atoms with Crippen LogP contribution in [0.4, 0.5) is 0 Å². The molecule has 4 aliphatic rings. The van der Waals surface area contributed by atoms with Crippen molar-refractivity contribution in [3.63, 3.8) is 0 Å². The van der Waals surface area contributed by atoms with E-state index in [4.69, 9.17) is 0 Å². The fourth-order valence-corrected chi connectivity index (χ4v) is 6.77. The van der Waals surface area contributed by atoms with Crippen molar-refractivity contribution in [2.45, 2.75) is 57.6 Å². The lowest BCUT2D eigenvalue weighted by Gasteiger charge is -2.48. The van der Waals surface area contributed by atoms with Crippen molar-refractivity contribution >= 4 is 11.8 Å². The highest BCUT2D eigenvalue weighted by molar-refractivity contribution is 5.90. The first kappa shape index (κ1) is 23.9. The van der Waals surface area contributed by atoms with Crippen molar-refractivity contribution in [2.75, 3.05) is 33.2 Å². The number of carbonyl (C=O) groups excluding carboxylic acids is 2. The standard InChI is InChI=1S/C29H37N3O3/c1-20-6-9-24-22(19-20)8-7-21-5-4-15-30(3)28(21)29(24,2)23-12-16-31(17-13-23)25(33)14-18-32-26(34)10-11-27(32)35/h4-6,9-11,19,23,26,34H,7-8,12-18H2,1-3H3. The first-order chi connectivity index (χ1) is 16.8. The Bertz CT molecular complexity index is 1110. The summed E-state index contributed by atoms with van der Waals surface area (Å²) in [5.41, 5.74) is 7.05. The molecule has 1 N–H and O–H groups in total. The molecule has 0 spiro atoms. The number of nitrogens with zero attached hydrogens (tertiary/aromatic N) is 3. The lowest BCUT2D eigenvalue weighted by atomic mass is 9.64. The monoisotopic (exact) mass is 475 g/mol. The van der Waals surface area contributed by atoms with E-state index in [9.17, 15) is 14.7 Å². The Hall–Kier alpha value is -2.86. The largest absolute Gasteiger partial charge is 0.373 e. The molecule has 0 aromatic heterocycles. The minimum atomic E-state index is -0.913. The average Bonchev–Trinajstić information content (AvgIpc) is 3.10. The molecular weight excluding hydrogens is 438 g/mol. The maximum Gasteiger partial charge on any atom is 0.248 e. The van der Waals surface area contributed by atoms with Gasteiger partial charge in [-0.15, -0.1) is 0 Å². The van der Waals surface area contributed by atoms with E-state index in [1.54, 1.807) is 0 Å². The number of hydrogen-bond donors (Lipinski definition) is 1. The van der Waals surface area contributed by atoms with Crippen molar-refractivity contribution < 1.29 is 14.7 Å². The normalized spacial score (nSPS) is 26.8. The minimum absolute atomic E-state index is 0.0648. The third kappa shape index (κ3) is 4.22. The van der Waals surface area contributed by atoms with E-state index < -0.39 is 6.23 Å². The molecule has 0 saturated carbocycles. The molecule has 5 rings (SSSR count). The minimum Gasteiger partial charge on any atom is -0.373 e. The summed E-state index contributed by atoms with van der Waals surface area (Å²) >= 11 is 0. The first-order valence-corrected chi connectivity index (χ1v) is 12.9. The molecule has 3 heterocycles. The quantitative estimate of drug-likeness (QED) is 0.726. The van der Waals surface area contributed by atoms with Crippen LogP contribution in [-0.4, -0.2) is 71.1 Å². The summed E-state index contributed by atoms with van der Waals surface area (Å²) in [6.07, 6.45) is 10.8. The lowest BCUT2D eigenvalue weighted by molar-refractivity contribution is -0.136. The molecule has 1 aliphatic carbocycles. The number of amides is 2. The number of fused-ring (bicyclic) bond motifs is 1. The number of allylic oxidation sites excluding steroid dienone is 3. The molecule has 2 unspecified atom stereocenters. The molecule has 1 fully saturated rings. The summed E-state index contributed by atoms with van der Waals surface area (Å²) in [7, 11) is 2.22. The Kier molecular flexibility index (Phi) is 6.34. The summed E-state index contributed by atoms with van der Waals surface area (Å²) in [4.78, 5) is 30.6. The van der Waals surface area contributed by atoms with Crippen LogP contribution in [0.3, 0.4) is 0 Å². The van der Waals surface area contributed by atoms with Gasteiger partial charge in [0.05, 0.1) is 0 Å². The van der Waals surface area contributed by atoms with Crippen LogP contribution >= 0.6 is 0 Å². The van der Waals surface area contributed by atoms with E-state index in [0.717, 1.165) is 45.3 Å². The Labute approximate surface area is 208 Å². The van der Waals surface area contributed by atoms with Gasteiger partial charge in [0.15, 0.2) is 0 Å². The van der Waals surface area contributed by atoms with Crippen LogP contribution in [0.25, 0.3) is 0 Å². The molecule has 186 valence electrons. The van der Waals surface area contributed by atoms with E-state index in [1.807, 2.05) is 4.90 Å². The highest BCUT2D eigenvalue weighted by Crippen LogP contribution is 2.50. The fraction of sp³-hybridized carbons (Fsp3) is 0.517. The Morgan fingerprint density at radius 3 is 2.66 bits per heavy atom. The summed E-state index contributed by atoms with van der Waals surface area (Å²) in [5.74, 6) is 0.278. The van der Waals surface area contributed by atoms with E-state index in [-0.39, 0.29) is 30.2 Å². The van der Waals surface area contributed by atoms with Gasteiger partial charge in [-0.3, -0.25) is 9.59 Å². The number of likely N-dealkylation sites (tertiary alicyclic amines) is 1. The van der Waals surface area contributed by atoms with Gasteiger partial charge in [0.2, 0.25) is 11.8 Å². The second-order valence-electron chi connectivity index (χ2n) is 10.7. The average molecular weight is 476 g/mol. The second-order valence-corrected chi connectivity index (χ2v) is 10.7. The molecule has 6 nitrogen and oxygen atoms in total. The molecule has 2 amide bonds. The zero-order valence-electron chi connectivity index (χ0n) is 21.2. The fourth-order valence-electron chi connectivity index (χ4n) is 6.77. The SMILES string of the molecule is Cc1ccc2c(c1)CCC1=C(N(C)CC=C1)C2(C)C1CCN(C(=O)CCN2C(=O)C=CC2O)CC1. The molecule has 0 bridgehead atoms. The maximum atomic E-state index is 13.0. The van der Waals surface area contributed by atoms with E-state index >= 15 is 0 Å². The predicted octanol–water partition coefficient (Wildman–Crippen LogP) is 3.30. The number of hydrogen-bond acceptors (Lipinski definition) is 4. The van der Waals surface area contributed by atoms with E-state index in [1.165, 1.54) is 45.0 Å². The highest BCUT2D eigenvalue weighted by atomic mass is 16.3. The van der Waals surface area contributed by atoms with Crippen molar-refractivity contribution in [1.29, 1.82) is 0 Å². The summed E-state index contributed by atoms with van der Waals surface area (Å²) in [5, 5.41) is 9.91. The van der Waals surface area contributed by atoms with Crippen LogP contribution in [0.2, 0.25) is 0 Å². The number of aliphatic hydroxyl groups is 1. The van der Waals surface area contributed by atoms with Gasteiger partial charge in [0, 0.05) is 56.8 Å².